The minimum atomic E-state index is -3.61. The molecule has 2 aromatic carbocycles. The summed E-state index contributed by atoms with van der Waals surface area (Å²) in [5.74, 6) is -0.307. The first-order valence-electron chi connectivity index (χ1n) is 9.62. The standard InChI is InChI=1S/C21H26N2O5S/c24-21(25)22-20(18-9-5-2-6-10-18)16-29(26,27)23-13-11-19(12-14-23)28-15-17-7-3-1-4-8-17/h1-10,19-20,22H,11-16H2,(H,24,25). The molecule has 1 amide bonds. The van der Waals surface area contributed by atoms with E-state index in [4.69, 9.17) is 9.84 Å². The second kappa shape index (κ2) is 9.87. The number of carboxylic acid groups (broad SMARTS) is 1. The van der Waals surface area contributed by atoms with Crippen LogP contribution >= 0.6 is 0 Å². The fourth-order valence-electron chi connectivity index (χ4n) is 3.44. The van der Waals surface area contributed by atoms with Gasteiger partial charge >= 0.3 is 6.09 Å². The molecule has 1 saturated heterocycles. The van der Waals surface area contributed by atoms with Gasteiger partial charge < -0.3 is 15.2 Å². The van der Waals surface area contributed by atoms with Gasteiger partial charge in [-0.3, -0.25) is 0 Å². The van der Waals surface area contributed by atoms with Crippen LogP contribution in [0.5, 0.6) is 0 Å². The average Bonchev–Trinajstić information content (AvgIpc) is 2.73. The predicted molar refractivity (Wildman–Crippen MR) is 110 cm³/mol. The largest absolute Gasteiger partial charge is 0.465 e. The van der Waals surface area contributed by atoms with E-state index in [-0.39, 0.29) is 11.9 Å². The zero-order valence-corrected chi connectivity index (χ0v) is 16.9. The molecule has 29 heavy (non-hydrogen) atoms. The van der Waals surface area contributed by atoms with E-state index >= 15 is 0 Å². The van der Waals surface area contributed by atoms with Crippen LogP contribution in [0.1, 0.15) is 30.0 Å². The van der Waals surface area contributed by atoms with Crippen LogP contribution < -0.4 is 5.32 Å². The Morgan fingerprint density at radius 2 is 1.66 bits per heavy atom. The van der Waals surface area contributed by atoms with Gasteiger partial charge in [-0.15, -0.1) is 0 Å². The quantitative estimate of drug-likeness (QED) is 0.687. The van der Waals surface area contributed by atoms with Gasteiger partial charge in [-0.2, -0.15) is 0 Å². The Bertz CT molecular complexity index is 882. The van der Waals surface area contributed by atoms with Gasteiger partial charge in [0.05, 0.1) is 24.5 Å². The van der Waals surface area contributed by atoms with E-state index in [1.165, 1.54) is 4.31 Å². The van der Waals surface area contributed by atoms with Gasteiger partial charge in [0, 0.05) is 13.1 Å². The molecule has 8 heteroatoms. The summed E-state index contributed by atoms with van der Waals surface area (Å²) in [6.07, 6.45) is 0.00820. The van der Waals surface area contributed by atoms with Gasteiger partial charge in [0.15, 0.2) is 0 Å². The summed E-state index contributed by atoms with van der Waals surface area (Å²) in [4.78, 5) is 11.1. The molecule has 3 rings (SSSR count). The second-order valence-electron chi connectivity index (χ2n) is 7.09. The van der Waals surface area contributed by atoms with E-state index in [1.54, 1.807) is 30.3 Å². The minimum Gasteiger partial charge on any atom is -0.465 e. The van der Waals surface area contributed by atoms with Crippen LogP contribution in [0.15, 0.2) is 60.7 Å². The SMILES string of the molecule is O=C(O)NC(CS(=O)(=O)N1CCC(OCc2ccccc2)CC1)c1ccccc1. The van der Waals surface area contributed by atoms with Crippen molar-refractivity contribution in [1.29, 1.82) is 0 Å². The molecule has 0 bridgehead atoms. The van der Waals surface area contributed by atoms with E-state index in [9.17, 15) is 13.2 Å². The van der Waals surface area contributed by atoms with Crippen LogP contribution in [0, 0.1) is 0 Å². The molecular weight excluding hydrogens is 392 g/mol. The molecule has 2 aromatic rings. The van der Waals surface area contributed by atoms with E-state index in [1.807, 2.05) is 30.3 Å². The van der Waals surface area contributed by atoms with Gasteiger partial charge in [0.1, 0.15) is 0 Å². The van der Waals surface area contributed by atoms with Gasteiger partial charge in [-0.05, 0) is 24.0 Å². The number of carbonyl (C=O) groups is 1. The van der Waals surface area contributed by atoms with Crippen molar-refractivity contribution < 1.29 is 23.1 Å². The molecule has 1 heterocycles. The second-order valence-corrected chi connectivity index (χ2v) is 9.10. The Morgan fingerprint density at radius 1 is 1.07 bits per heavy atom. The Hall–Kier alpha value is -2.42. The van der Waals surface area contributed by atoms with Crippen molar-refractivity contribution in [2.24, 2.45) is 0 Å². The number of nitrogens with zero attached hydrogens (tertiary/aromatic N) is 1. The molecule has 0 saturated carbocycles. The van der Waals surface area contributed by atoms with Gasteiger partial charge in [-0.25, -0.2) is 17.5 Å². The van der Waals surface area contributed by atoms with Crippen LogP contribution in [0.3, 0.4) is 0 Å². The molecule has 1 atom stereocenters. The van der Waals surface area contributed by atoms with Crippen LogP contribution in [0.25, 0.3) is 0 Å². The normalized spacial score (nSPS) is 17.0. The molecule has 156 valence electrons. The van der Waals surface area contributed by atoms with Crippen molar-refractivity contribution in [2.75, 3.05) is 18.8 Å². The molecule has 1 fully saturated rings. The number of benzene rings is 2. The topological polar surface area (TPSA) is 95.9 Å². The Balaban J connectivity index is 1.56. The predicted octanol–water partition coefficient (Wildman–Crippen LogP) is 3.01. The van der Waals surface area contributed by atoms with Crippen molar-refractivity contribution in [3.63, 3.8) is 0 Å². The van der Waals surface area contributed by atoms with Crippen LogP contribution in [0.2, 0.25) is 0 Å². The van der Waals surface area contributed by atoms with Crippen LogP contribution in [-0.2, 0) is 21.4 Å². The Kier molecular flexibility index (Phi) is 7.24. The first kappa shape index (κ1) is 21.3. The molecule has 2 N–H and O–H groups in total. The van der Waals surface area contributed by atoms with Crippen molar-refractivity contribution in [2.45, 2.75) is 31.6 Å². The third kappa shape index (κ3) is 6.28. The number of hydrogen-bond acceptors (Lipinski definition) is 4. The van der Waals surface area contributed by atoms with Gasteiger partial charge in [0.2, 0.25) is 10.0 Å². The number of rotatable bonds is 8. The summed E-state index contributed by atoms with van der Waals surface area (Å²) in [6, 6.07) is 17.8. The number of piperidine rings is 1. The number of nitrogens with one attached hydrogen (secondary N) is 1. The van der Waals surface area contributed by atoms with E-state index in [0.29, 0.717) is 38.1 Å². The third-order valence-corrected chi connectivity index (χ3v) is 6.91. The lowest BCUT2D eigenvalue weighted by atomic mass is 10.1. The lowest BCUT2D eigenvalue weighted by molar-refractivity contribution is 0.0102. The zero-order valence-electron chi connectivity index (χ0n) is 16.1. The average molecular weight is 419 g/mol. The van der Waals surface area contributed by atoms with Crippen LogP contribution in [-0.4, -0.2) is 48.9 Å². The fourth-order valence-corrected chi connectivity index (χ4v) is 5.11. The van der Waals surface area contributed by atoms with Crippen LogP contribution in [0.4, 0.5) is 4.79 Å². The lowest BCUT2D eigenvalue weighted by Crippen LogP contribution is -2.44. The molecule has 0 aliphatic carbocycles. The maximum atomic E-state index is 12.9. The summed E-state index contributed by atoms with van der Waals surface area (Å²) in [5, 5.41) is 11.4. The summed E-state index contributed by atoms with van der Waals surface area (Å²) < 4.78 is 33.1. The highest BCUT2D eigenvalue weighted by atomic mass is 32.2. The van der Waals surface area contributed by atoms with Gasteiger partial charge in [-0.1, -0.05) is 60.7 Å². The van der Waals surface area contributed by atoms with E-state index in [2.05, 4.69) is 5.32 Å². The zero-order chi connectivity index (χ0) is 20.7. The lowest BCUT2D eigenvalue weighted by Gasteiger charge is -2.32. The van der Waals surface area contributed by atoms with Crippen molar-refractivity contribution >= 4 is 16.1 Å². The Morgan fingerprint density at radius 3 is 2.24 bits per heavy atom. The molecule has 0 spiro atoms. The molecule has 7 nitrogen and oxygen atoms in total. The smallest absolute Gasteiger partial charge is 0.405 e. The minimum absolute atomic E-state index is 0.0173. The molecule has 0 radical (unpaired) electrons. The number of ether oxygens (including phenoxy) is 1. The molecule has 1 unspecified atom stereocenters. The first-order valence-corrected chi connectivity index (χ1v) is 11.2. The summed E-state index contributed by atoms with van der Waals surface area (Å²) in [6.45, 7) is 1.25. The summed E-state index contributed by atoms with van der Waals surface area (Å²) >= 11 is 0. The van der Waals surface area contributed by atoms with Crippen molar-refractivity contribution in [1.82, 2.24) is 9.62 Å². The molecule has 0 aromatic heterocycles. The number of sulfonamides is 1. The van der Waals surface area contributed by atoms with E-state index in [0.717, 1.165) is 5.56 Å². The number of hydrogen-bond donors (Lipinski definition) is 2. The van der Waals surface area contributed by atoms with Crippen molar-refractivity contribution in [3.8, 4) is 0 Å². The highest BCUT2D eigenvalue weighted by molar-refractivity contribution is 7.89. The monoisotopic (exact) mass is 418 g/mol. The van der Waals surface area contributed by atoms with E-state index < -0.39 is 22.2 Å². The number of amides is 1. The third-order valence-electron chi connectivity index (χ3n) is 5.00. The maximum absolute atomic E-state index is 12.9. The molecule has 1 aliphatic heterocycles. The highest BCUT2D eigenvalue weighted by Crippen LogP contribution is 2.22. The first-order chi connectivity index (χ1) is 13.9. The molecule has 1 aliphatic rings. The molecular formula is C21H26N2O5S. The Labute approximate surface area is 171 Å². The van der Waals surface area contributed by atoms with Gasteiger partial charge in [0.25, 0.3) is 0 Å². The highest BCUT2D eigenvalue weighted by Gasteiger charge is 2.31. The summed E-state index contributed by atoms with van der Waals surface area (Å²) in [5.41, 5.74) is 1.72. The fraction of sp³-hybridized carbons (Fsp3) is 0.381. The summed E-state index contributed by atoms with van der Waals surface area (Å²) in [7, 11) is -3.61. The van der Waals surface area contributed by atoms with Crippen molar-refractivity contribution in [3.05, 3.63) is 71.8 Å². The maximum Gasteiger partial charge on any atom is 0.405 e.